The van der Waals surface area contributed by atoms with Gasteiger partial charge in [-0.3, -0.25) is 0 Å². The molecule has 1 atom stereocenters. The summed E-state index contributed by atoms with van der Waals surface area (Å²) in [5, 5.41) is 0. The maximum Gasteiger partial charge on any atom is 0.299 e. The number of rotatable bonds is 3. The molecule has 17 heavy (non-hydrogen) atoms. The molecule has 1 heterocycles. The van der Waals surface area contributed by atoms with Crippen molar-refractivity contribution in [2.45, 2.75) is 37.9 Å². The van der Waals surface area contributed by atoms with Gasteiger partial charge in [-0.25, -0.2) is 4.18 Å². The molecule has 1 aliphatic heterocycles. The minimum Gasteiger partial charge on any atom is -0.351 e. The SMILES string of the molecule is Cc1ccc(S(=O)(=O)OC2CCCO2)c(C)c1. The Hall–Kier alpha value is -0.910. The Balaban J connectivity index is 2.24. The molecule has 1 aromatic carbocycles. The van der Waals surface area contributed by atoms with Crippen LogP contribution < -0.4 is 0 Å². The van der Waals surface area contributed by atoms with Crippen molar-refractivity contribution in [2.75, 3.05) is 6.61 Å². The predicted octanol–water partition coefficient (Wildman–Crippen LogP) is 2.15. The molecule has 1 saturated heterocycles. The fourth-order valence-corrected chi connectivity index (χ4v) is 3.12. The molecule has 2 rings (SSSR count). The minimum atomic E-state index is -3.72. The maximum atomic E-state index is 12.0. The van der Waals surface area contributed by atoms with Crippen LogP contribution in [0.1, 0.15) is 24.0 Å². The van der Waals surface area contributed by atoms with Gasteiger partial charge in [0.25, 0.3) is 10.1 Å². The largest absolute Gasteiger partial charge is 0.351 e. The van der Waals surface area contributed by atoms with E-state index in [9.17, 15) is 8.42 Å². The molecular weight excluding hydrogens is 240 g/mol. The summed E-state index contributed by atoms with van der Waals surface area (Å²) in [5.74, 6) is 0. The third-order valence-corrected chi connectivity index (χ3v) is 4.19. The molecule has 0 radical (unpaired) electrons. The lowest BCUT2D eigenvalue weighted by atomic mass is 10.2. The first-order valence-corrected chi connectivity index (χ1v) is 7.02. The zero-order valence-electron chi connectivity index (χ0n) is 9.97. The molecule has 1 aliphatic rings. The first-order valence-electron chi connectivity index (χ1n) is 5.61. The second kappa shape index (κ2) is 4.76. The number of hydrogen-bond donors (Lipinski definition) is 0. The van der Waals surface area contributed by atoms with E-state index in [0.717, 1.165) is 12.0 Å². The van der Waals surface area contributed by atoms with Gasteiger partial charge in [0, 0.05) is 13.0 Å². The summed E-state index contributed by atoms with van der Waals surface area (Å²) in [6.45, 7) is 4.25. The lowest BCUT2D eigenvalue weighted by Crippen LogP contribution is -2.18. The van der Waals surface area contributed by atoms with E-state index in [0.29, 0.717) is 18.6 Å². The molecule has 5 heteroatoms. The Morgan fingerprint density at radius 1 is 1.35 bits per heavy atom. The van der Waals surface area contributed by atoms with Crippen molar-refractivity contribution >= 4 is 10.1 Å². The molecule has 1 fully saturated rings. The number of ether oxygens (including phenoxy) is 1. The topological polar surface area (TPSA) is 52.6 Å². The van der Waals surface area contributed by atoms with Crippen LogP contribution in [0.2, 0.25) is 0 Å². The third-order valence-electron chi connectivity index (χ3n) is 2.72. The predicted molar refractivity (Wildman–Crippen MR) is 63.2 cm³/mol. The molecule has 0 saturated carbocycles. The highest BCUT2D eigenvalue weighted by Crippen LogP contribution is 2.23. The van der Waals surface area contributed by atoms with Gasteiger partial charge in [0.05, 0.1) is 4.90 Å². The van der Waals surface area contributed by atoms with Crippen LogP contribution in [0.4, 0.5) is 0 Å². The van der Waals surface area contributed by atoms with Crippen LogP contribution in [-0.2, 0) is 19.0 Å². The maximum absolute atomic E-state index is 12.0. The van der Waals surface area contributed by atoms with Crippen LogP contribution in [0.15, 0.2) is 23.1 Å². The van der Waals surface area contributed by atoms with Crippen LogP contribution in [0, 0.1) is 13.8 Å². The molecule has 0 amide bonds. The molecule has 0 N–H and O–H groups in total. The molecule has 0 bridgehead atoms. The molecule has 0 aliphatic carbocycles. The molecule has 0 spiro atoms. The van der Waals surface area contributed by atoms with Crippen molar-refractivity contribution in [2.24, 2.45) is 0 Å². The highest BCUT2D eigenvalue weighted by molar-refractivity contribution is 7.86. The van der Waals surface area contributed by atoms with Crippen LogP contribution in [0.25, 0.3) is 0 Å². The zero-order chi connectivity index (χ0) is 12.5. The summed E-state index contributed by atoms with van der Waals surface area (Å²) in [4.78, 5) is 0.221. The summed E-state index contributed by atoms with van der Waals surface area (Å²) >= 11 is 0. The van der Waals surface area contributed by atoms with Gasteiger partial charge in [-0.05, 0) is 31.9 Å². The monoisotopic (exact) mass is 256 g/mol. The van der Waals surface area contributed by atoms with Crippen molar-refractivity contribution in [1.82, 2.24) is 0 Å². The average molecular weight is 256 g/mol. The van der Waals surface area contributed by atoms with Crippen molar-refractivity contribution in [1.29, 1.82) is 0 Å². The average Bonchev–Trinajstić information content (AvgIpc) is 2.68. The second-order valence-corrected chi connectivity index (χ2v) is 5.80. The van der Waals surface area contributed by atoms with Gasteiger partial charge in [0.1, 0.15) is 0 Å². The van der Waals surface area contributed by atoms with Crippen molar-refractivity contribution in [3.8, 4) is 0 Å². The standard InChI is InChI=1S/C12H16O4S/c1-9-5-6-11(10(2)8-9)17(13,14)16-12-4-3-7-15-12/h5-6,8,12H,3-4,7H2,1-2H3. The van der Waals surface area contributed by atoms with Gasteiger partial charge in [0.15, 0.2) is 6.29 Å². The molecule has 0 aromatic heterocycles. The van der Waals surface area contributed by atoms with Gasteiger partial charge in [-0.15, -0.1) is 0 Å². The lowest BCUT2D eigenvalue weighted by molar-refractivity contribution is -0.0345. The van der Waals surface area contributed by atoms with E-state index in [4.69, 9.17) is 8.92 Å². The normalized spacial score (nSPS) is 20.7. The highest BCUT2D eigenvalue weighted by atomic mass is 32.2. The molecular formula is C12H16O4S. The summed E-state index contributed by atoms with van der Waals surface area (Å²) in [5.41, 5.74) is 1.72. The zero-order valence-corrected chi connectivity index (χ0v) is 10.8. The van der Waals surface area contributed by atoms with Crippen molar-refractivity contribution < 1.29 is 17.3 Å². The quantitative estimate of drug-likeness (QED) is 0.777. The molecule has 1 unspecified atom stereocenters. The summed E-state index contributed by atoms with van der Waals surface area (Å²) < 4.78 is 34.3. The smallest absolute Gasteiger partial charge is 0.299 e. The van der Waals surface area contributed by atoms with Crippen LogP contribution in [-0.4, -0.2) is 21.3 Å². The fraction of sp³-hybridized carbons (Fsp3) is 0.500. The number of benzene rings is 1. The van der Waals surface area contributed by atoms with Crippen molar-refractivity contribution in [3.05, 3.63) is 29.3 Å². The van der Waals surface area contributed by atoms with Gasteiger partial charge in [-0.1, -0.05) is 17.7 Å². The Labute approximate surface area is 102 Å². The lowest BCUT2D eigenvalue weighted by Gasteiger charge is -2.12. The Morgan fingerprint density at radius 3 is 2.71 bits per heavy atom. The van der Waals surface area contributed by atoms with E-state index in [-0.39, 0.29) is 4.90 Å². The minimum absolute atomic E-state index is 0.221. The highest BCUT2D eigenvalue weighted by Gasteiger charge is 2.26. The Morgan fingerprint density at radius 2 is 2.12 bits per heavy atom. The van der Waals surface area contributed by atoms with E-state index in [1.54, 1.807) is 19.1 Å². The molecule has 1 aromatic rings. The van der Waals surface area contributed by atoms with Gasteiger partial charge < -0.3 is 4.74 Å². The first-order chi connectivity index (χ1) is 7.99. The van der Waals surface area contributed by atoms with Gasteiger partial charge in [-0.2, -0.15) is 8.42 Å². The van der Waals surface area contributed by atoms with E-state index in [1.165, 1.54) is 0 Å². The molecule has 94 valence electrons. The van der Waals surface area contributed by atoms with E-state index >= 15 is 0 Å². The van der Waals surface area contributed by atoms with Crippen molar-refractivity contribution in [3.63, 3.8) is 0 Å². The Kier molecular flexibility index (Phi) is 3.51. The first kappa shape index (κ1) is 12.5. The molecule has 4 nitrogen and oxygen atoms in total. The van der Waals surface area contributed by atoms with Gasteiger partial charge in [0.2, 0.25) is 0 Å². The summed E-state index contributed by atoms with van der Waals surface area (Å²) in [6, 6.07) is 5.17. The van der Waals surface area contributed by atoms with Crippen LogP contribution >= 0.6 is 0 Å². The van der Waals surface area contributed by atoms with Crippen LogP contribution in [0.3, 0.4) is 0 Å². The summed E-state index contributed by atoms with van der Waals surface area (Å²) in [7, 11) is -3.72. The summed E-state index contributed by atoms with van der Waals surface area (Å²) in [6.07, 6.45) is 0.845. The number of hydrogen-bond acceptors (Lipinski definition) is 4. The fourth-order valence-electron chi connectivity index (χ4n) is 1.90. The second-order valence-electron chi connectivity index (χ2n) is 4.26. The number of aryl methyl sites for hydroxylation is 2. The van der Waals surface area contributed by atoms with Crippen LogP contribution in [0.5, 0.6) is 0 Å². The van der Waals surface area contributed by atoms with Gasteiger partial charge >= 0.3 is 0 Å². The van der Waals surface area contributed by atoms with E-state index in [1.807, 2.05) is 13.0 Å². The Bertz CT molecular complexity index is 501. The van der Waals surface area contributed by atoms with E-state index < -0.39 is 16.4 Å². The third kappa shape index (κ3) is 2.86. The van der Waals surface area contributed by atoms with E-state index in [2.05, 4.69) is 0 Å².